The van der Waals surface area contributed by atoms with E-state index in [2.05, 4.69) is 40.2 Å². The highest BCUT2D eigenvalue weighted by Gasteiger charge is 1.86. The van der Waals surface area contributed by atoms with Crippen LogP contribution >= 0.6 is 27.5 Å². The molecule has 0 saturated heterocycles. The van der Waals surface area contributed by atoms with Crippen molar-refractivity contribution in [3.05, 3.63) is 40.4 Å². The summed E-state index contributed by atoms with van der Waals surface area (Å²) in [5.74, 6) is 0.688. The second-order valence-electron chi connectivity index (χ2n) is 2.43. The van der Waals surface area contributed by atoms with Gasteiger partial charge in [0.1, 0.15) is 0 Å². The van der Waals surface area contributed by atoms with Crippen LogP contribution in [0.1, 0.15) is 12.0 Å². The van der Waals surface area contributed by atoms with Gasteiger partial charge in [-0.05, 0) is 24.1 Å². The average Bonchev–Trinajstić information content (AvgIpc) is 2.09. The maximum Gasteiger partial charge on any atom is 0.0258 e. The smallest absolute Gasteiger partial charge is 0.0258 e. The van der Waals surface area contributed by atoms with Crippen LogP contribution in [0.3, 0.4) is 0 Å². The first-order valence-electron chi connectivity index (χ1n) is 3.81. The van der Waals surface area contributed by atoms with Crippen LogP contribution < -0.4 is 0 Å². The Bertz CT molecular complexity index is 251. The maximum absolute atomic E-state index is 5.53. The van der Waals surface area contributed by atoms with Crippen molar-refractivity contribution in [2.45, 2.75) is 6.42 Å². The zero-order valence-corrected chi connectivity index (χ0v) is 8.98. The fraction of sp³-hybridized carbons (Fsp3) is 0.200. The highest BCUT2D eigenvalue weighted by molar-refractivity contribution is 9.10. The van der Waals surface area contributed by atoms with Gasteiger partial charge < -0.3 is 0 Å². The molecule has 0 amide bonds. The van der Waals surface area contributed by atoms with Gasteiger partial charge in [0.25, 0.3) is 0 Å². The Kier molecular flexibility index (Phi) is 4.41. The maximum atomic E-state index is 5.53. The van der Waals surface area contributed by atoms with Gasteiger partial charge >= 0.3 is 0 Å². The molecule has 1 aromatic carbocycles. The molecule has 1 rings (SSSR count). The summed E-state index contributed by atoms with van der Waals surface area (Å²) in [5.41, 5.74) is 1.21. The number of rotatable bonds is 3. The van der Waals surface area contributed by atoms with Crippen molar-refractivity contribution in [1.29, 1.82) is 0 Å². The van der Waals surface area contributed by atoms with Crippen molar-refractivity contribution in [1.82, 2.24) is 0 Å². The number of hydrogen-bond acceptors (Lipinski definition) is 0. The quantitative estimate of drug-likeness (QED) is 0.704. The van der Waals surface area contributed by atoms with Crippen molar-refractivity contribution in [3.63, 3.8) is 0 Å². The molecule has 0 fully saturated rings. The second-order valence-corrected chi connectivity index (χ2v) is 3.73. The van der Waals surface area contributed by atoms with Gasteiger partial charge in [0, 0.05) is 10.4 Å². The minimum absolute atomic E-state index is 0.688. The van der Waals surface area contributed by atoms with Gasteiger partial charge in [-0.2, -0.15) is 0 Å². The summed E-state index contributed by atoms with van der Waals surface area (Å²) in [5, 5.41) is 0. The third-order valence-corrected chi connectivity index (χ3v) is 2.20. The van der Waals surface area contributed by atoms with Gasteiger partial charge in [-0.25, -0.2) is 0 Å². The van der Waals surface area contributed by atoms with Crippen LogP contribution in [0.4, 0.5) is 0 Å². The molecule has 2 heteroatoms. The largest absolute Gasteiger partial charge is 0.126 e. The van der Waals surface area contributed by atoms with E-state index in [9.17, 15) is 0 Å². The normalized spacial score (nSPS) is 10.8. The Morgan fingerprint density at radius 1 is 1.25 bits per heavy atom. The van der Waals surface area contributed by atoms with Gasteiger partial charge in [0.05, 0.1) is 0 Å². The third kappa shape index (κ3) is 3.42. The summed E-state index contributed by atoms with van der Waals surface area (Å²) in [7, 11) is 0. The molecule has 0 aliphatic carbocycles. The van der Waals surface area contributed by atoms with Crippen molar-refractivity contribution in [2.75, 3.05) is 5.88 Å². The van der Waals surface area contributed by atoms with E-state index in [1.807, 2.05) is 12.1 Å². The molecule has 0 aromatic heterocycles. The SMILES string of the molecule is ClCC/C=C/c1ccc(Br)cc1. The first-order chi connectivity index (χ1) is 5.83. The number of hydrogen-bond donors (Lipinski definition) is 0. The molecule has 0 aliphatic heterocycles. The lowest BCUT2D eigenvalue weighted by atomic mass is 10.2. The topological polar surface area (TPSA) is 0 Å². The fourth-order valence-electron chi connectivity index (χ4n) is 0.856. The minimum atomic E-state index is 0.688. The number of benzene rings is 1. The molecule has 0 bridgehead atoms. The lowest BCUT2D eigenvalue weighted by Gasteiger charge is -1.92. The predicted octanol–water partition coefficient (Wildman–Crippen LogP) is 4.09. The van der Waals surface area contributed by atoms with Gasteiger partial charge in [0.2, 0.25) is 0 Å². The molecule has 1 aromatic rings. The summed E-state index contributed by atoms with van der Waals surface area (Å²) >= 11 is 8.92. The molecular weight excluding hydrogens is 235 g/mol. The average molecular weight is 246 g/mol. The molecule has 64 valence electrons. The Morgan fingerprint density at radius 2 is 1.92 bits per heavy atom. The first kappa shape index (κ1) is 9.82. The van der Waals surface area contributed by atoms with E-state index in [0.29, 0.717) is 5.88 Å². The van der Waals surface area contributed by atoms with Crippen LogP contribution in [-0.2, 0) is 0 Å². The van der Waals surface area contributed by atoms with Crippen molar-refractivity contribution in [2.24, 2.45) is 0 Å². The molecule has 12 heavy (non-hydrogen) atoms. The van der Waals surface area contributed by atoms with Crippen molar-refractivity contribution in [3.8, 4) is 0 Å². The molecule has 0 radical (unpaired) electrons. The highest BCUT2D eigenvalue weighted by atomic mass is 79.9. The zero-order chi connectivity index (χ0) is 8.81. The van der Waals surface area contributed by atoms with E-state index in [1.54, 1.807) is 0 Å². The van der Waals surface area contributed by atoms with Crippen LogP contribution in [0, 0.1) is 0 Å². The third-order valence-electron chi connectivity index (χ3n) is 1.46. The summed E-state index contributed by atoms with van der Waals surface area (Å²) < 4.78 is 1.11. The van der Waals surface area contributed by atoms with E-state index in [1.165, 1.54) is 5.56 Å². The number of alkyl halides is 1. The molecule has 0 unspecified atom stereocenters. The van der Waals surface area contributed by atoms with Crippen molar-refractivity contribution < 1.29 is 0 Å². The van der Waals surface area contributed by atoms with Crippen LogP contribution in [0.2, 0.25) is 0 Å². The number of allylic oxidation sites excluding steroid dienone is 1. The van der Waals surface area contributed by atoms with E-state index in [4.69, 9.17) is 11.6 Å². The molecule has 0 heterocycles. The molecule has 0 atom stereocenters. The Balaban J connectivity index is 2.58. The summed E-state index contributed by atoms with van der Waals surface area (Å²) in [6, 6.07) is 8.18. The highest BCUT2D eigenvalue weighted by Crippen LogP contribution is 2.11. The van der Waals surface area contributed by atoms with Crippen LogP contribution in [0.15, 0.2) is 34.8 Å². The van der Waals surface area contributed by atoms with Gasteiger partial charge in [-0.15, -0.1) is 11.6 Å². The van der Waals surface area contributed by atoms with E-state index >= 15 is 0 Å². The van der Waals surface area contributed by atoms with Crippen LogP contribution in [-0.4, -0.2) is 5.88 Å². The van der Waals surface area contributed by atoms with E-state index in [0.717, 1.165) is 10.9 Å². The molecule has 0 nitrogen and oxygen atoms in total. The molecule has 0 N–H and O–H groups in total. The van der Waals surface area contributed by atoms with E-state index < -0.39 is 0 Å². The summed E-state index contributed by atoms with van der Waals surface area (Å²) in [6.07, 6.45) is 5.09. The first-order valence-corrected chi connectivity index (χ1v) is 5.14. The minimum Gasteiger partial charge on any atom is -0.126 e. The zero-order valence-electron chi connectivity index (χ0n) is 6.63. The summed E-state index contributed by atoms with van der Waals surface area (Å²) in [6.45, 7) is 0. The fourth-order valence-corrected chi connectivity index (χ4v) is 1.25. The predicted molar refractivity (Wildman–Crippen MR) is 58.5 cm³/mol. The monoisotopic (exact) mass is 244 g/mol. The van der Waals surface area contributed by atoms with Gasteiger partial charge in [0.15, 0.2) is 0 Å². The standard InChI is InChI=1S/C10H10BrCl/c11-10-6-4-9(5-7-10)3-1-2-8-12/h1,3-7H,2,8H2/b3-1+. The van der Waals surface area contributed by atoms with Gasteiger partial charge in [-0.1, -0.05) is 40.2 Å². The van der Waals surface area contributed by atoms with E-state index in [-0.39, 0.29) is 0 Å². The van der Waals surface area contributed by atoms with Crippen LogP contribution in [0.25, 0.3) is 6.08 Å². The molecule has 0 spiro atoms. The molecule has 0 saturated carbocycles. The molecular formula is C10H10BrCl. The Labute approximate surface area is 86.4 Å². The summed E-state index contributed by atoms with van der Waals surface area (Å²) in [4.78, 5) is 0. The second kappa shape index (κ2) is 5.39. The lowest BCUT2D eigenvalue weighted by Crippen LogP contribution is -1.71. The Morgan fingerprint density at radius 3 is 2.50 bits per heavy atom. The van der Waals surface area contributed by atoms with Gasteiger partial charge in [-0.3, -0.25) is 0 Å². The van der Waals surface area contributed by atoms with Crippen LogP contribution in [0.5, 0.6) is 0 Å². The Hall–Kier alpha value is -0.270. The number of halogens is 2. The lowest BCUT2D eigenvalue weighted by molar-refractivity contribution is 1.24. The molecule has 0 aliphatic rings. The van der Waals surface area contributed by atoms with Crippen molar-refractivity contribution >= 4 is 33.6 Å².